The Kier molecular flexibility index (Phi) is 8.16. The molecule has 0 aliphatic carbocycles. The van der Waals surface area contributed by atoms with Crippen LogP contribution in [0.4, 0.5) is 5.82 Å². The Hall–Kier alpha value is -2.37. The number of aromatic nitrogens is 5. The van der Waals surface area contributed by atoms with Gasteiger partial charge in [0.2, 0.25) is 5.91 Å². The number of hydrogen-bond acceptors (Lipinski definition) is 12. The smallest absolute Gasteiger partial charge is 0.353 e. The third-order valence-electron chi connectivity index (χ3n) is 5.35. The SMILES string of the molecule is Nc1nc(SCSC2=C(C(=O)O)N3C(=O)C(NC(=O)CSc4c(Cl)cncc4Cl)C3SC2)nc2[nH]ncc12. The van der Waals surface area contributed by atoms with Crippen LogP contribution < -0.4 is 11.1 Å². The summed E-state index contributed by atoms with van der Waals surface area (Å²) in [7, 11) is 0. The summed E-state index contributed by atoms with van der Waals surface area (Å²) in [5, 5.41) is 20.8. The zero-order chi connectivity index (χ0) is 27.0. The van der Waals surface area contributed by atoms with Gasteiger partial charge in [0, 0.05) is 27.9 Å². The van der Waals surface area contributed by atoms with Crippen LogP contribution in [0, 0.1) is 0 Å². The number of carboxylic acid groups (broad SMARTS) is 1. The number of hydrogen-bond donors (Lipinski definition) is 4. The van der Waals surface area contributed by atoms with E-state index < -0.39 is 29.2 Å². The van der Waals surface area contributed by atoms with E-state index in [4.69, 9.17) is 28.9 Å². The van der Waals surface area contributed by atoms with Gasteiger partial charge in [-0.3, -0.25) is 24.6 Å². The van der Waals surface area contributed by atoms with Gasteiger partial charge in [-0.2, -0.15) is 5.10 Å². The van der Waals surface area contributed by atoms with E-state index in [2.05, 4.69) is 30.5 Å². The molecule has 5 heterocycles. The van der Waals surface area contributed by atoms with Crippen molar-refractivity contribution < 1.29 is 19.5 Å². The first-order valence-electron chi connectivity index (χ1n) is 10.6. The predicted molar refractivity (Wildman–Crippen MR) is 149 cm³/mol. The summed E-state index contributed by atoms with van der Waals surface area (Å²) in [6.07, 6.45) is 4.39. The highest BCUT2D eigenvalue weighted by Gasteiger charge is 2.54. The van der Waals surface area contributed by atoms with Crippen molar-refractivity contribution in [1.82, 2.24) is 35.4 Å². The lowest BCUT2D eigenvalue weighted by Gasteiger charge is -2.49. The van der Waals surface area contributed by atoms with Gasteiger partial charge in [0.1, 0.15) is 22.9 Å². The summed E-state index contributed by atoms with van der Waals surface area (Å²) in [6.45, 7) is 0. The molecule has 0 radical (unpaired) electrons. The second kappa shape index (κ2) is 11.4. The number of carbonyl (C=O) groups is 3. The van der Waals surface area contributed by atoms with Crippen LogP contribution >= 0.6 is 70.2 Å². The van der Waals surface area contributed by atoms with E-state index in [0.29, 0.717) is 52.7 Å². The van der Waals surface area contributed by atoms with Crippen LogP contribution in [-0.2, 0) is 14.4 Å². The van der Waals surface area contributed by atoms with Crippen molar-refractivity contribution in [2.75, 3.05) is 22.3 Å². The molecule has 0 saturated carbocycles. The van der Waals surface area contributed by atoms with E-state index >= 15 is 0 Å². The predicted octanol–water partition coefficient (Wildman–Crippen LogP) is 2.91. The molecule has 38 heavy (non-hydrogen) atoms. The van der Waals surface area contributed by atoms with Crippen molar-refractivity contribution in [2.24, 2.45) is 0 Å². The van der Waals surface area contributed by atoms with Gasteiger partial charge in [-0.15, -0.1) is 35.3 Å². The van der Waals surface area contributed by atoms with Gasteiger partial charge in [0.25, 0.3) is 5.91 Å². The number of thioether (sulfide) groups is 4. The molecule has 3 aromatic rings. The number of pyridine rings is 1. The van der Waals surface area contributed by atoms with Gasteiger partial charge in [-0.1, -0.05) is 35.0 Å². The maximum Gasteiger partial charge on any atom is 0.353 e. The fourth-order valence-corrected chi connectivity index (χ4v) is 8.68. The molecule has 2 amide bonds. The van der Waals surface area contributed by atoms with Crippen LogP contribution in [0.15, 0.2) is 39.2 Å². The lowest BCUT2D eigenvalue weighted by atomic mass is 10.1. The molecule has 2 aliphatic rings. The Morgan fingerprint density at radius 1 is 1.21 bits per heavy atom. The van der Waals surface area contributed by atoms with Gasteiger partial charge in [-0.25, -0.2) is 14.8 Å². The quantitative estimate of drug-likeness (QED) is 0.117. The van der Waals surface area contributed by atoms with Gasteiger partial charge in [0.05, 0.1) is 32.5 Å². The monoisotopic (exact) mass is 630 g/mol. The molecule has 5 rings (SSSR count). The maximum absolute atomic E-state index is 12.9. The third-order valence-corrected chi connectivity index (χ3v) is 10.8. The molecular weight excluding hydrogens is 615 g/mol. The Morgan fingerprint density at radius 3 is 2.71 bits per heavy atom. The number of nitrogens with two attached hydrogens (primary N) is 1. The molecular formula is C20H16Cl2N8O4S4. The highest BCUT2D eigenvalue weighted by Crippen LogP contribution is 2.44. The molecule has 1 saturated heterocycles. The average molecular weight is 632 g/mol. The lowest BCUT2D eigenvalue weighted by Crippen LogP contribution is -2.70. The van der Waals surface area contributed by atoms with Crippen molar-refractivity contribution in [1.29, 1.82) is 0 Å². The number of carbonyl (C=O) groups excluding carboxylic acids is 2. The molecule has 0 aromatic carbocycles. The molecule has 198 valence electrons. The van der Waals surface area contributed by atoms with Crippen LogP contribution in [-0.4, -0.2) is 80.9 Å². The molecule has 0 spiro atoms. The Balaban J connectivity index is 1.20. The first-order valence-corrected chi connectivity index (χ1v) is 15.3. The van der Waals surface area contributed by atoms with Crippen molar-refractivity contribution in [2.45, 2.75) is 21.5 Å². The van der Waals surface area contributed by atoms with Crippen molar-refractivity contribution in [3.63, 3.8) is 0 Å². The summed E-state index contributed by atoms with van der Waals surface area (Å²) < 4.78 is 0. The minimum absolute atomic E-state index is 0.0263. The molecule has 2 atom stereocenters. The molecule has 0 bridgehead atoms. The van der Waals surface area contributed by atoms with Crippen LogP contribution in [0.25, 0.3) is 11.0 Å². The number of carboxylic acids is 1. The number of amides is 2. The number of rotatable bonds is 9. The minimum Gasteiger partial charge on any atom is -0.477 e. The zero-order valence-electron chi connectivity index (χ0n) is 18.9. The summed E-state index contributed by atoms with van der Waals surface area (Å²) in [5.74, 6) is -1.46. The summed E-state index contributed by atoms with van der Waals surface area (Å²) in [4.78, 5) is 52.2. The van der Waals surface area contributed by atoms with Gasteiger partial charge < -0.3 is 16.2 Å². The number of nitrogens with one attached hydrogen (secondary N) is 2. The molecule has 18 heteroatoms. The number of aliphatic carboxylic acids is 1. The van der Waals surface area contributed by atoms with E-state index in [-0.39, 0.29) is 11.4 Å². The standard InChI is InChI=1S/C20H16Cl2N8O4S4/c21-8-2-24-3-9(22)14(8)35-5-11(31)26-12-17(32)30-13(19(33)34)10(4-36-18(12)30)37-6-38-20-27-15(23)7-1-25-29-16(7)28-20/h1-3,12,18H,4-6H2,(H,26,31)(H,33,34)(H3,23,25,27,28,29). The van der Waals surface area contributed by atoms with Gasteiger partial charge >= 0.3 is 5.97 Å². The second-order valence-electron chi connectivity index (χ2n) is 7.68. The van der Waals surface area contributed by atoms with Crippen LogP contribution in [0.2, 0.25) is 10.0 Å². The first kappa shape index (κ1) is 27.2. The van der Waals surface area contributed by atoms with E-state index in [1.54, 1.807) is 0 Å². The number of anilines is 1. The fraction of sp³-hybridized carbons (Fsp3) is 0.250. The number of aromatic amines is 1. The average Bonchev–Trinajstić information content (AvgIpc) is 3.36. The van der Waals surface area contributed by atoms with Crippen LogP contribution in [0.5, 0.6) is 0 Å². The Morgan fingerprint density at radius 2 is 1.97 bits per heavy atom. The number of H-pyrrole nitrogens is 1. The van der Waals surface area contributed by atoms with Crippen molar-refractivity contribution in [3.8, 4) is 0 Å². The summed E-state index contributed by atoms with van der Waals surface area (Å²) in [6, 6.07) is -0.829. The van der Waals surface area contributed by atoms with E-state index in [1.165, 1.54) is 58.8 Å². The lowest BCUT2D eigenvalue weighted by molar-refractivity contribution is -0.150. The largest absolute Gasteiger partial charge is 0.477 e. The minimum atomic E-state index is -1.21. The molecule has 2 aliphatic heterocycles. The number of fused-ring (bicyclic) bond motifs is 2. The van der Waals surface area contributed by atoms with Gasteiger partial charge in [-0.05, 0) is 0 Å². The number of nitrogen functional groups attached to an aromatic ring is 1. The van der Waals surface area contributed by atoms with Crippen molar-refractivity contribution in [3.05, 3.63) is 39.2 Å². The van der Waals surface area contributed by atoms with Crippen LogP contribution in [0.1, 0.15) is 0 Å². The highest BCUT2D eigenvalue weighted by atomic mass is 35.5. The normalized spacial score (nSPS) is 18.9. The van der Waals surface area contributed by atoms with Crippen molar-refractivity contribution >= 4 is 105 Å². The van der Waals surface area contributed by atoms with Crippen LogP contribution in [0.3, 0.4) is 0 Å². The highest BCUT2D eigenvalue weighted by molar-refractivity contribution is 8.18. The zero-order valence-corrected chi connectivity index (χ0v) is 23.7. The Labute approximate surface area is 241 Å². The number of halogens is 2. The summed E-state index contributed by atoms with van der Waals surface area (Å²) in [5.41, 5.74) is 6.36. The molecule has 1 fully saturated rings. The van der Waals surface area contributed by atoms with E-state index in [9.17, 15) is 19.5 Å². The van der Waals surface area contributed by atoms with Gasteiger partial charge in [0.15, 0.2) is 10.8 Å². The topological polar surface area (TPSA) is 180 Å². The molecule has 12 nitrogen and oxygen atoms in total. The molecule has 3 aromatic heterocycles. The number of β-lactam (4-membered cyclic amide) rings is 1. The molecule has 2 unspecified atom stereocenters. The van der Waals surface area contributed by atoms with E-state index in [1.807, 2.05) is 0 Å². The Bertz CT molecular complexity index is 1470. The maximum atomic E-state index is 12.9. The fourth-order valence-electron chi connectivity index (χ4n) is 3.65. The van der Waals surface area contributed by atoms with E-state index in [0.717, 1.165) is 11.8 Å². The second-order valence-corrected chi connectivity index (χ2v) is 13.0. The first-order chi connectivity index (χ1) is 18.2. The number of nitrogens with zero attached hydrogens (tertiary/aromatic N) is 5. The summed E-state index contributed by atoms with van der Waals surface area (Å²) >= 11 is 17.2. The third kappa shape index (κ3) is 5.37. The molecule has 5 N–H and O–H groups in total.